The summed E-state index contributed by atoms with van der Waals surface area (Å²) in [7, 11) is 0. The Morgan fingerprint density at radius 2 is 1.29 bits per heavy atom. The lowest BCUT2D eigenvalue weighted by Crippen LogP contribution is -2.24. The molecule has 0 radical (unpaired) electrons. The molecule has 2 fully saturated rings. The van der Waals surface area contributed by atoms with E-state index in [-0.39, 0.29) is 0 Å². The fourth-order valence-electron chi connectivity index (χ4n) is 2.96. The highest BCUT2D eigenvalue weighted by molar-refractivity contribution is 4.78. The van der Waals surface area contributed by atoms with E-state index in [1.165, 1.54) is 51.4 Å². The van der Waals surface area contributed by atoms with Gasteiger partial charge in [-0.1, -0.05) is 38.5 Å². The van der Waals surface area contributed by atoms with Crippen molar-refractivity contribution in [3.05, 3.63) is 0 Å². The Hall–Kier alpha value is -0.440. The van der Waals surface area contributed by atoms with Crippen LogP contribution in [0.5, 0.6) is 0 Å². The third kappa shape index (κ3) is 4.38. The Morgan fingerprint density at radius 3 is 1.88 bits per heavy atom. The number of azo groups is 1. The summed E-state index contributed by atoms with van der Waals surface area (Å²) in [6.45, 7) is 0. The Balaban J connectivity index is 1.88. The maximum absolute atomic E-state index is 10.4. The van der Waals surface area contributed by atoms with Crippen LogP contribution in [0.2, 0.25) is 0 Å². The molecular formula is C14H26N2O. The highest BCUT2D eigenvalue weighted by Gasteiger charge is 2.27. The molecule has 1 N–H and O–H groups in total. The monoisotopic (exact) mass is 238 g/mol. The normalized spacial score (nSPS) is 27.8. The highest BCUT2D eigenvalue weighted by atomic mass is 16.3. The van der Waals surface area contributed by atoms with Gasteiger partial charge in [-0.2, -0.15) is 10.2 Å². The van der Waals surface area contributed by atoms with Crippen LogP contribution in [0.4, 0.5) is 0 Å². The largest absolute Gasteiger partial charge is 0.368 e. The van der Waals surface area contributed by atoms with Crippen LogP contribution in [0.25, 0.3) is 0 Å². The van der Waals surface area contributed by atoms with E-state index in [0.29, 0.717) is 6.04 Å². The van der Waals surface area contributed by atoms with Crippen molar-refractivity contribution in [2.24, 2.45) is 10.2 Å². The van der Waals surface area contributed by atoms with Crippen molar-refractivity contribution in [1.82, 2.24) is 0 Å². The van der Waals surface area contributed by atoms with Crippen LogP contribution >= 0.6 is 0 Å². The van der Waals surface area contributed by atoms with Gasteiger partial charge in [0.2, 0.25) is 0 Å². The van der Waals surface area contributed by atoms with Crippen molar-refractivity contribution in [3.63, 3.8) is 0 Å². The zero-order chi connectivity index (χ0) is 12.0. The predicted molar refractivity (Wildman–Crippen MR) is 69.0 cm³/mol. The molecule has 17 heavy (non-hydrogen) atoms. The average molecular weight is 238 g/mol. The molecule has 98 valence electrons. The van der Waals surface area contributed by atoms with Gasteiger partial charge in [0, 0.05) is 0 Å². The number of hydrogen-bond acceptors (Lipinski definition) is 3. The maximum atomic E-state index is 10.4. The van der Waals surface area contributed by atoms with Crippen LogP contribution in [0, 0.1) is 0 Å². The van der Waals surface area contributed by atoms with Gasteiger partial charge in [-0.15, -0.1) is 0 Å². The van der Waals surface area contributed by atoms with Gasteiger partial charge in [0.05, 0.1) is 6.04 Å². The SMILES string of the molecule is OC1(N=NC2CCCCCC2)CCCCCC1. The van der Waals surface area contributed by atoms with Crippen molar-refractivity contribution in [2.75, 3.05) is 0 Å². The molecule has 0 heterocycles. The third-order valence-electron chi connectivity index (χ3n) is 4.14. The quantitative estimate of drug-likeness (QED) is 0.568. The predicted octanol–water partition coefficient (Wildman–Crippen LogP) is 4.20. The summed E-state index contributed by atoms with van der Waals surface area (Å²) in [5.74, 6) is 0. The first-order valence-corrected chi connectivity index (χ1v) is 7.43. The van der Waals surface area contributed by atoms with Crippen molar-refractivity contribution in [1.29, 1.82) is 0 Å². The molecule has 2 aliphatic rings. The summed E-state index contributed by atoms with van der Waals surface area (Å²) < 4.78 is 0. The average Bonchev–Trinajstić information content (AvgIpc) is 2.69. The Kier molecular flexibility index (Phi) is 4.96. The molecule has 0 amide bonds. The van der Waals surface area contributed by atoms with Crippen LogP contribution in [0.15, 0.2) is 10.2 Å². The molecule has 3 heteroatoms. The molecule has 0 aliphatic heterocycles. The van der Waals surface area contributed by atoms with Gasteiger partial charge in [0.15, 0.2) is 5.72 Å². The topological polar surface area (TPSA) is 45.0 Å². The minimum Gasteiger partial charge on any atom is -0.368 e. The molecule has 0 bridgehead atoms. The van der Waals surface area contributed by atoms with Crippen LogP contribution in [-0.2, 0) is 0 Å². The Morgan fingerprint density at radius 1 is 0.765 bits per heavy atom. The fraction of sp³-hybridized carbons (Fsp3) is 1.00. The van der Waals surface area contributed by atoms with Crippen LogP contribution in [0.1, 0.15) is 77.0 Å². The van der Waals surface area contributed by atoms with E-state index in [2.05, 4.69) is 10.2 Å². The number of nitrogens with zero attached hydrogens (tertiary/aromatic N) is 2. The van der Waals surface area contributed by atoms with Gasteiger partial charge in [-0.25, -0.2) is 0 Å². The molecule has 0 aromatic rings. The molecule has 0 aromatic carbocycles. The molecule has 2 saturated carbocycles. The lowest BCUT2D eigenvalue weighted by molar-refractivity contribution is 0.0248. The summed E-state index contributed by atoms with van der Waals surface area (Å²) in [5, 5.41) is 19.2. The second-order valence-electron chi connectivity index (χ2n) is 5.76. The van der Waals surface area contributed by atoms with Crippen LogP contribution in [-0.4, -0.2) is 16.9 Å². The van der Waals surface area contributed by atoms with Gasteiger partial charge < -0.3 is 5.11 Å². The summed E-state index contributed by atoms with van der Waals surface area (Å²) in [4.78, 5) is 0. The summed E-state index contributed by atoms with van der Waals surface area (Å²) in [6.07, 6.45) is 13.9. The first-order chi connectivity index (χ1) is 8.29. The molecule has 0 aromatic heterocycles. The van der Waals surface area contributed by atoms with Crippen LogP contribution in [0.3, 0.4) is 0 Å². The minimum atomic E-state index is -0.831. The lowest BCUT2D eigenvalue weighted by atomic mass is 10.1. The maximum Gasteiger partial charge on any atom is 0.176 e. The molecule has 0 spiro atoms. The van der Waals surface area contributed by atoms with E-state index in [9.17, 15) is 5.11 Å². The molecule has 0 atom stereocenters. The van der Waals surface area contributed by atoms with Crippen molar-refractivity contribution in [3.8, 4) is 0 Å². The van der Waals surface area contributed by atoms with E-state index in [1.54, 1.807) is 0 Å². The molecule has 3 nitrogen and oxygen atoms in total. The summed E-state index contributed by atoms with van der Waals surface area (Å²) in [5.41, 5.74) is -0.831. The van der Waals surface area contributed by atoms with Crippen LogP contribution < -0.4 is 0 Å². The molecule has 0 saturated heterocycles. The first kappa shape index (κ1) is 13.0. The fourth-order valence-corrected chi connectivity index (χ4v) is 2.96. The van der Waals surface area contributed by atoms with Crippen molar-refractivity contribution < 1.29 is 5.11 Å². The number of hydrogen-bond donors (Lipinski definition) is 1. The smallest absolute Gasteiger partial charge is 0.176 e. The molecule has 0 unspecified atom stereocenters. The van der Waals surface area contributed by atoms with Gasteiger partial charge in [0.25, 0.3) is 0 Å². The highest BCUT2D eigenvalue weighted by Crippen LogP contribution is 2.29. The van der Waals surface area contributed by atoms with E-state index >= 15 is 0 Å². The third-order valence-corrected chi connectivity index (χ3v) is 4.14. The van der Waals surface area contributed by atoms with E-state index in [0.717, 1.165) is 25.7 Å². The standard InChI is InChI=1S/C14H26N2O/c17-14(11-7-3-4-8-12-14)16-15-13-9-5-1-2-6-10-13/h13,17H,1-12H2. The zero-order valence-electron chi connectivity index (χ0n) is 10.9. The Bertz CT molecular complexity index is 237. The van der Waals surface area contributed by atoms with Gasteiger partial charge in [0.1, 0.15) is 0 Å². The van der Waals surface area contributed by atoms with Gasteiger partial charge in [-0.3, -0.25) is 0 Å². The minimum absolute atomic E-state index is 0.379. The second-order valence-corrected chi connectivity index (χ2v) is 5.76. The van der Waals surface area contributed by atoms with E-state index < -0.39 is 5.72 Å². The summed E-state index contributed by atoms with van der Waals surface area (Å²) in [6, 6.07) is 0.379. The van der Waals surface area contributed by atoms with Gasteiger partial charge >= 0.3 is 0 Å². The zero-order valence-corrected chi connectivity index (χ0v) is 10.9. The Labute approximate surface area is 105 Å². The van der Waals surface area contributed by atoms with E-state index in [4.69, 9.17) is 0 Å². The van der Waals surface area contributed by atoms with Crippen molar-refractivity contribution >= 4 is 0 Å². The molecular weight excluding hydrogens is 212 g/mol. The second kappa shape index (κ2) is 6.48. The van der Waals surface area contributed by atoms with Gasteiger partial charge in [-0.05, 0) is 38.5 Å². The van der Waals surface area contributed by atoms with Crippen molar-refractivity contribution in [2.45, 2.75) is 88.8 Å². The molecule has 2 aliphatic carbocycles. The number of aliphatic hydroxyl groups is 1. The number of rotatable bonds is 2. The molecule has 2 rings (SSSR count). The lowest BCUT2D eigenvalue weighted by Gasteiger charge is -2.20. The summed E-state index contributed by atoms with van der Waals surface area (Å²) >= 11 is 0. The first-order valence-electron chi connectivity index (χ1n) is 7.43. The van der Waals surface area contributed by atoms with E-state index in [1.807, 2.05) is 0 Å².